The maximum absolute atomic E-state index is 11.6. The molecule has 0 spiro atoms. The Balaban J connectivity index is 1.76. The first-order chi connectivity index (χ1) is 10.2. The number of nitrogens with zero attached hydrogens (tertiary/aromatic N) is 1. The van der Waals surface area contributed by atoms with E-state index in [2.05, 4.69) is 36.1 Å². The molecule has 1 aromatic rings. The van der Waals surface area contributed by atoms with Crippen LogP contribution in [0.2, 0.25) is 0 Å². The van der Waals surface area contributed by atoms with Crippen molar-refractivity contribution >= 4 is 5.97 Å². The fourth-order valence-corrected chi connectivity index (χ4v) is 4.26. The van der Waals surface area contributed by atoms with Crippen molar-refractivity contribution < 1.29 is 9.90 Å². The van der Waals surface area contributed by atoms with E-state index in [4.69, 9.17) is 0 Å². The van der Waals surface area contributed by atoms with E-state index >= 15 is 0 Å². The molecule has 3 nitrogen and oxygen atoms in total. The summed E-state index contributed by atoms with van der Waals surface area (Å²) < 4.78 is 0. The third-order valence-corrected chi connectivity index (χ3v) is 5.36. The average molecular weight is 287 g/mol. The van der Waals surface area contributed by atoms with Crippen LogP contribution in [0.15, 0.2) is 30.3 Å². The van der Waals surface area contributed by atoms with Crippen LogP contribution in [0.3, 0.4) is 0 Å². The molecule has 21 heavy (non-hydrogen) atoms. The van der Waals surface area contributed by atoms with Crippen molar-refractivity contribution in [2.24, 2.45) is 5.92 Å². The topological polar surface area (TPSA) is 40.5 Å². The third kappa shape index (κ3) is 2.98. The molecule has 1 heterocycles. The van der Waals surface area contributed by atoms with Crippen LogP contribution in [0.5, 0.6) is 0 Å². The lowest BCUT2D eigenvalue weighted by molar-refractivity contribution is -0.142. The van der Waals surface area contributed by atoms with Crippen LogP contribution in [-0.4, -0.2) is 34.6 Å². The molecule has 2 aliphatic rings. The minimum atomic E-state index is -0.635. The van der Waals surface area contributed by atoms with Crippen molar-refractivity contribution in [1.29, 1.82) is 0 Å². The largest absolute Gasteiger partial charge is 0.480 e. The van der Waals surface area contributed by atoms with Crippen molar-refractivity contribution in [2.75, 3.05) is 6.54 Å². The highest BCUT2D eigenvalue weighted by molar-refractivity contribution is 5.74. The van der Waals surface area contributed by atoms with Gasteiger partial charge >= 0.3 is 5.97 Å². The summed E-state index contributed by atoms with van der Waals surface area (Å²) in [6, 6.07) is 10.7. The number of hydrogen-bond acceptors (Lipinski definition) is 2. The van der Waals surface area contributed by atoms with Crippen molar-refractivity contribution in [3.63, 3.8) is 0 Å². The van der Waals surface area contributed by atoms with Gasteiger partial charge in [0.05, 0.1) is 0 Å². The molecular formula is C18H25NO2. The van der Waals surface area contributed by atoms with Crippen LogP contribution in [0.1, 0.15) is 50.5 Å². The second-order valence-electron chi connectivity index (χ2n) is 6.71. The molecule has 0 radical (unpaired) electrons. The van der Waals surface area contributed by atoms with Gasteiger partial charge in [-0.15, -0.1) is 0 Å². The van der Waals surface area contributed by atoms with E-state index in [0.29, 0.717) is 17.9 Å². The number of likely N-dealkylation sites (tertiary alicyclic amines) is 1. The second kappa shape index (κ2) is 6.18. The Labute approximate surface area is 127 Å². The van der Waals surface area contributed by atoms with Crippen LogP contribution in [0.4, 0.5) is 0 Å². The average Bonchev–Trinajstić information content (AvgIpc) is 2.87. The monoisotopic (exact) mass is 287 g/mol. The van der Waals surface area contributed by atoms with Gasteiger partial charge in [-0.1, -0.05) is 50.1 Å². The molecule has 1 aliphatic carbocycles. The summed E-state index contributed by atoms with van der Waals surface area (Å²) in [5.74, 6) is 0.348. The molecule has 114 valence electrons. The van der Waals surface area contributed by atoms with Gasteiger partial charge in [0.2, 0.25) is 0 Å². The molecule has 1 saturated carbocycles. The van der Waals surface area contributed by atoms with E-state index in [1.54, 1.807) is 0 Å². The summed E-state index contributed by atoms with van der Waals surface area (Å²) in [7, 11) is 0. The molecule has 1 saturated heterocycles. The lowest BCUT2D eigenvalue weighted by Crippen LogP contribution is -2.44. The molecule has 3 heteroatoms. The molecule has 0 amide bonds. The van der Waals surface area contributed by atoms with E-state index in [0.717, 1.165) is 13.0 Å². The highest BCUT2D eigenvalue weighted by Crippen LogP contribution is 2.40. The van der Waals surface area contributed by atoms with Crippen LogP contribution < -0.4 is 0 Å². The number of carboxylic acid groups (broad SMARTS) is 1. The molecule has 1 N–H and O–H groups in total. The molecular weight excluding hydrogens is 262 g/mol. The lowest BCUT2D eigenvalue weighted by Gasteiger charge is -2.34. The van der Waals surface area contributed by atoms with E-state index in [1.165, 1.54) is 31.2 Å². The quantitative estimate of drug-likeness (QED) is 0.921. The van der Waals surface area contributed by atoms with Crippen LogP contribution in [-0.2, 0) is 4.79 Å². The first-order valence-electron chi connectivity index (χ1n) is 8.20. The fraction of sp³-hybridized carbons (Fsp3) is 0.611. The Hall–Kier alpha value is -1.35. The molecule has 0 bridgehead atoms. The predicted octanol–water partition coefficient (Wildman–Crippen LogP) is 3.51. The van der Waals surface area contributed by atoms with Gasteiger partial charge in [0, 0.05) is 12.6 Å². The van der Waals surface area contributed by atoms with Crippen molar-refractivity contribution in [3.8, 4) is 0 Å². The number of carbonyl (C=O) groups is 1. The van der Waals surface area contributed by atoms with Crippen molar-refractivity contribution in [3.05, 3.63) is 35.9 Å². The molecule has 1 aliphatic heterocycles. The Morgan fingerprint density at radius 3 is 2.71 bits per heavy atom. The smallest absolute Gasteiger partial charge is 0.320 e. The third-order valence-electron chi connectivity index (χ3n) is 5.36. The van der Waals surface area contributed by atoms with E-state index < -0.39 is 5.97 Å². The van der Waals surface area contributed by atoms with Gasteiger partial charge in [0.15, 0.2) is 0 Å². The Morgan fingerprint density at radius 2 is 2.00 bits per heavy atom. The second-order valence-corrected chi connectivity index (χ2v) is 6.71. The number of fused-ring (bicyclic) bond motifs is 1. The van der Waals surface area contributed by atoms with Crippen LogP contribution >= 0.6 is 0 Å². The van der Waals surface area contributed by atoms with Crippen LogP contribution in [0, 0.1) is 5.92 Å². The summed E-state index contributed by atoms with van der Waals surface area (Å²) in [5.41, 5.74) is 1.31. The number of rotatable bonds is 4. The number of aliphatic carboxylic acids is 1. The van der Waals surface area contributed by atoms with E-state index in [1.807, 2.05) is 6.07 Å². The fourth-order valence-electron chi connectivity index (χ4n) is 4.26. The molecule has 4 unspecified atom stereocenters. The van der Waals surface area contributed by atoms with Gasteiger partial charge < -0.3 is 5.11 Å². The first-order valence-corrected chi connectivity index (χ1v) is 8.20. The van der Waals surface area contributed by atoms with E-state index in [-0.39, 0.29) is 6.04 Å². The first kappa shape index (κ1) is 14.6. The van der Waals surface area contributed by atoms with Crippen molar-refractivity contribution in [1.82, 2.24) is 4.90 Å². The number of hydrogen-bond donors (Lipinski definition) is 1. The van der Waals surface area contributed by atoms with E-state index in [9.17, 15) is 9.90 Å². The van der Waals surface area contributed by atoms with Gasteiger partial charge in [-0.25, -0.2) is 0 Å². The number of benzene rings is 1. The minimum absolute atomic E-state index is 0.274. The summed E-state index contributed by atoms with van der Waals surface area (Å²) in [4.78, 5) is 13.9. The molecule has 4 atom stereocenters. The maximum Gasteiger partial charge on any atom is 0.320 e. The Morgan fingerprint density at radius 1 is 1.29 bits per heavy atom. The zero-order valence-corrected chi connectivity index (χ0v) is 12.7. The normalized spacial score (nSPS) is 30.8. The summed E-state index contributed by atoms with van der Waals surface area (Å²) >= 11 is 0. The Bertz CT molecular complexity index is 487. The minimum Gasteiger partial charge on any atom is -0.480 e. The van der Waals surface area contributed by atoms with Gasteiger partial charge in [-0.3, -0.25) is 9.69 Å². The predicted molar refractivity (Wildman–Crippen MR) is 83.3 cm³/mol. The highest BCUT2D eigenvalue weighted by Gasteiger charge is 2.45. The van der Waals surface area contributed by atoms with Crippen molar-refractivity contribution in [2.45, 2.75) is 57.0 Å². The Kier molecular flexibility index (Phi) is 4.29. The maximum atomic E-state index is 11.6. The molecule has 3 rings (SSSR count). The SMILES string of the molecule is CC(CN1C(C(=O)O)CC2CCCCC21)c1ccccc1. The summed E-state index contributed by atoms with van der Waals surface area (Å²) in [5, 5.41) is 9.57. The summed E-state index contributed by atoms with van der Waals surface area (Å²) in [6.45, 7) is 3.08. The van der Waals surface area contributed by atoms with Gasteiger partial charge in [0.1, 0.15) is 6.04 Å². The highest BCUT2D eigenvalue weighted by atomic mass is 16.4. The van der Waals surface area contributed by atoms with Gasteiger partial charge in [-0.05, 0) is 36.7 Å². The summed E-state index contributed by atoms with van der Waals surface area (Å²) in [6.07, 6.45) is 5.77. The van der Waals surface area contributed by atoms with Crippen LogP contribution in [0.25, 0.3) is 0 Å². The zero-order valence-electron chi connectivity index (χ0n) is 12.7. The zero-order chi connectivity index (χ0) is 14.8. The molecule has 1 aromatic carbocycles. The van der Waals surface area contributed by atoms with Gasteiger partial charge in [0.25, 0.3) is 0 Å². The number of carboxylic acids is 1. The lowest BCUT2D eigenvalue weighted by atomic mass is 9.84. The molecule has 2 fully saturated rings. The van der Waals surface area contributed by atoms with Gasteiger partial charge in [-0.2, -0.15) is 0 Å². The molecule has 0 aromatic heterocycles. The standard InChI is InChI=1S/C18H25NO2/c1-13(14-7-3-2-4-8-14)12-19-16-10-6-5-9-15(16)11-17(19)18(20)21/h2-4,7-8,13,15-17H,5-6,9-12H2,1H3,(H,20,21).